The highest BCUT2D eigenvalue weighted by Gasteiger charge is 2.23. The third-order valence-corrected chi connectivity index (χ3v) is 3.69. The molecule has 0 unspecified atom stereocenters. The van der Waals surface area contributed by atoms with Gasteiger partial charge in [-0.05, 0) is 18.2 Å². The highest BCUT2D eigenvalue weighted by molar-refractivity contribution is 6.00. The molecule has 1 amide bonds. The summed E-state index contributed by atoms with van der Waals surface area (Å²) in [6.45, 7) is 8.21. The van der Waals surface area contributed by atoms with Crippen molar-refractivity contribution in [1.29, 1.82) is 0 Å². The van der Waals surface area contributed by atoms with Crippen LogP contribution in [0.1, 0.15) is 31.1 Å². The van der Waals surface area contributed by atoms with E-state index in [1.165, 1.54) is 7.11 Å². The van der Waals surface area contributed by atoms with Crippen molar-refractivity contribution >= 4 is 23.3 Å². The normalized spacial score (nSPS) is 15.2. The van der Waals surface area contributed by atoms with Crippen LogP contribution in [0.3, 0.4) is 0 Å². The zero-order valence-corrected chi connectivity index (χ0v) is 14.1. The Morgan fingerprint density at radius 2 is 1.87 bits per heavy atom. The second kappa shape index (κ2) is 7.00. The van der Waals surface area contributed by atoms with Gasteiger partial charge in [-0.15, -0.1) is 0 Å². The molecule has 0 saturated carbocycles. The van der Waals surface area contributed by atoms with E-state index in [1.54, 1.807) is 12.1 Å². The highest BCUT2D eigenvalue weighted by atomic mass is 16.5. The first-order valence-corrected chi connectivity index (χ1v) is 7.69. The van der Waals surface area contributed by atoms with Crippen LogP contribution >= 0.6 is 0 Å². The Bertz CT molecular complexity index is 587. The second-order valence-corrected chi connectivity index (χ2v) is 6.53. The zero-order chi connectivity index (χ0) is 17.0. The summed E-state index contributed by atoms with van der Waals surface area (Å²) < 4.78 is 10.2. The van der Waals surface area contributed by atoms with Crippen LogP contribution in [-0.4, -0.2) is 45.3 Å². The summed E-state index contributed by atoms with van der Waals surface area (Å²) in [6.07, 6.45) is 0. The van der Waals surface area contributed by atoms with Crippen molar-refractivity contribution in [3.8, 4) is 0 Å². The van der Waals surface area contributed by atoms with Gasteiger partial charge in [0.1, 0.15) is 0 Å². The summed E-state index contributed by atoms with van der Waals surface area (Å²) in [6, 6.07) is 5.32. The van der Waals surface area contributed by atoms with Gasteiger partial charge in [-0.25, -0.2) is 4.79 Å². The number of morpholine rings is 1. The molecule has 1 aliphatic heterocycles. The summed E-state index contributed by atoms with van der Waals surface area (Å²) in [5.74, 6) is -0.522. The van der Waals surface area contributed by atoms with E-state index in [9.17, 15) is 9.59 Å². The number of nitrogens with zero attached hydrogens (tertiary/aromatic N) is 1. The van der Waals surface area contributed by atoms with Crippen LogP contribution in [0.4, 0.5) is 11.4 Å². The van der Waals surface area contributed by atoms with Crippen LogP contribution in [0, 0.1) is 5.41 Å². The number of benzene rings is 1. The van der Waals surface area contributed by atoms with E-state index >= 15 is 0 Å². The van der Waals surface area contributed by atoms with Crippen molar-refractivity contribution in [1.82, 2.24) is 0 Å². The molecule has 126 valence electrons. The Labute approximate surface area is 136 Å². The number of carbonyl (C=O) groups excluding carboxylic acids is 2. The molecule has 0 bridgehead atoms. The first kappa shape index (κ1) is 17.3. The molecule has 0 aliphatic carbocycles. The van der Waals surface area contributed by atoms with Crippen molar-refractivity contribution < 1.29 is 19.1 Å². The van der Waals surface area contributed by atoms with Gasteiger partial charge in [-0.1, -0.05) is 20.8 Å². The maximum absolute atomic E-state index is 12.1. The molecule has 1 aromatic carbocycles. The minimum atomic E-state index is -0.506. The Balaban J connectivity index is 2.30. The smallest absolute Gasteiger partial charge is 0.340 e. The van der Waals surface area contributed by atoms with Crippen LogP contribution in [0.15, 0.2) is 18.2 Å². The van der Waals surface area contributed by atoms with Crippen molar-refractivity contribution in [2.24, 2.45) is 5.41 Å². The summed E-state index contributed by atoms with van der Waals surface area (Å²) in [7, 11) is 1.35. The molecule has 0 atom stereocenters. The first-order valence-electron chi connectivity index (χ1n) is 7.69. The number of carbonyl (C=O) groups is 2. The third kappa shape index (κ3) is 4.22. The van der Waals surface area contributed by atoms with Crippen LogP contribution in [0.5, 0.6) is 0 Å². The number of anilines is 2. The molecule has 0 spiro atoms. The van der Waals surface area contributed by atoms with E-state index in [0.29, 0.717) is 24.5 Å². The van der Waals surface area contributed by atoms with Gasteiger partial charge in [0.2, 0.25) is 5.91 Å². The second-order valence-electron chi connectivity index (χ2n) is 6.53. The molecule has 6 nitrogen and oxygen atoms in total. The zero-order valence-electron chi connectivity index (χ0n) is 14.1. The van der Waals surface area contributed by atoms with E-state index in [-0.39, 0.29) is 5.91 Å². The van der Waals surface area contributed by atoms with Crippen LogP contribution in [-0.2, 0) is 14.3 Å². The molecular formula is C17H24N2O4. The average molecular weight is 320 g/mol. The number of hydrogen-bond donors (Lipinski definition) is 1. The maximum atomic E-state index is 12.1. The molecule has 1 saturated heterocycles. The lowest BCUT2D eigenvalue weighted by Gasteiger charge is -2.30. The van der Waals surface area contributed by atoms with Gasteiger partial charge in [-0.2, -0.15) is 0 Å². The van der Waals surface area contributed by atoms with Crippen LogP contribution in [0.25, 0.3) is 0 Å². The highest BCUT2D eigenvalue weighted by Crippen LogP contribution is 2.27. The number of hydrogen-bond acceptors (Lipinski definition) is 5. The fourth-order valence-electron chi connectivity index (χ4n) is 2.29. The van der Waals surface area contributed by atoms with Crippen molar-refractivity contribution in [3.63, 3.8) is 0 Å². The summed E-state index contributed by atoms with van der Waals surface area (Å²) in [5.41, 5.74) is 1.33. The first-order chi connectivity index (χ1) is 10.8. The molecule has 1 N–H and O–H groups in total. The minimum absolute atomic E-state index is 0.104. The summed E-state index contributed by atoms with van der Waals surface area (Å²) >= 11 is 0. The summed E-state index contributed by atoms with van der Waals surface area (Å²) in [5, 5.41) is 2.84. The molecular weight excluding hydrogens is 296 g/mol. The molecule has 6 heteroatoms. The molecule has 23 heavy (non-hydrogen) atoms. The molecule has 2 rings (SSSR count). The predicted octanol–water partition coefficient (Wildman–Crippen LogP) is 2.29. The number of esters is 1. The largest absolute Gasteiger partial charge is 0.465 e. The number of nitrogens with one attached hydrogen (secondary N) is 1. The quantitative estimate of drug-likeness (QED) is 0.866. The maximum Gasteiger partial charge on any atom is 0.340 e. The van der Waals surface area contributed by atoms with Gasteiger partial charge in [0.15, 0.2) is 0 Å². The number of rotatable bonds is 3. The van der Waals surface area contributed by atoms with Crippen molar-refractivity contribution in [2.45, 2.75) is 20.8 Å². The predicted molar refractivity (Wildman–Crippen MR) is 88.9 cm³/mol. The molecule has 1 heterocycles. The number of amides is 1. The van der Waals surface area contributed by atoms with Crippen LogP contribution in [0.2, 0.25) is 0 Å². The summed E-state index contributed by atoms with van der Waals surface area (Å²) in [4.78, 5) is 26.3. The molecule has 1 aromatic rings. The average Bonchev–Trinajstić information content (AvgIpc) is 2.54. The molecule has 1 aliphatic rings. The molecule has 1 fully saturated rings. The Kier molecular flexibility index (Phi) is 5.26. The molecule has 0 radical (unpaired) electrons. The lowest BCUT2D eigenvalue weighted by atomic mass is 9.95. The van der Waals surface area contributed by atoms with Crippen molar-refractivity contribution in [3.05, 3.63) is 23.8 Å². The van der Waals surface area contributed by atoms with Gasteiger partial charge < -0.3 is 19.7 Å². The Morgan fingerprint density at radius 1 is 1.22 bits per heavy atom. The van der Waals surface area contributed by atoms with Crippen molar-refractivity contribution in [2.75, 3.05) is 43.6 Å². The van der Waals surface area contributed by atoms with E-state index < -0.39 is 11.4 Å². The number of methoxy groups -OCH3 is 1. The van der Waals surface area contributed by atoms with Gasteiger partial charge >= 0.3 is 5.97 Å². The lowest BCUT2D eigenvalue weighted by Crippen LogP contribution is -2.37. The van der Waals surface area contributed by atoms with Crippen LogP contribution < -0.4 is 10.2 Å². The van der Waals surface area contributed by atoms with E-state index in [0.717, 1.165) is 18.8 Å². The fraction of sp³-hybridized carbons (Fsp3) is 0.529. The van der Waals surface area contributed by atoms with Gasteiger partial charge in [0.25, 0.3) is 0 Å². The topological polar surface area (TPSA) is 67.9 Å². The van der Waals surface area contributed by atoms with E-state index in [1.807, 2.05) is 26.8 Å². The minimum Gasteiger partial charge on any atom is -0.465 e. The van der Waals surface area contributed by atoms with Gasteiger partial charge in [-0.3, -0.25) is 4.79 Å². The third-order valence-electron chi connectivity index (χ3n) is 3.69. The molecule has 0 aromatic heterocycles. The lowest BCUT2D eigenvalue weighted by molar-refractivity contribution is -0.123. The van der Waals surface area contributed by atoms with Gasteiger partial charge in [0.05, 0.1) is 31.6 Å². The SMILES string of the molecule is COC(=O)c1cc(NC(=O)C(C)(C)C)ccc1N1CCOCC1. The monoisotopic (exact) mass is 320 g/mol. The van der Waals surface area contributed by atoms with Gasteiger partial charge in [0, 0.05) is 24.2 Å². The standard InChI is InChI=1S/C17H24N2O4/c1-17(2,3)16(21)18-12-5-6-14(13(11-12)15(20)22-4)19-7-9-23-10-8-19/h5-6,11H,7-10H2,1-4H3,(H,18,21). The van der Waals surface area contributed by atoms with E-state index in [2.05, 4.69) is 10.2 Å². The van der Waals surface area contributed by atoms with E-state index in [4.69, 9.17) is 9.47 Å². The number of ether oxygens (including phenoxy) is 2. The Morgan fingerprint density at radius 3 is 2.43 bits per heavy atom. The fourth-order valence-corrected chi connectivity index (χ4v) is 2.29. The Hall–Kier alpha value is -2.08.